The molecule has 0 atom stereocenters. The first-order valence-electron chi connectivity index (χ1n) is 6.22. The summed E-state index contributed by atoms with van der Waals surface area (Å²) in [6.45, 7) is 10.1. The third-order valence-corrected chi connectivity index (χ3v) is 3.80. The lowest BCUT2D eigenvalue weighted by Crippen LogP contribution is -2.23. The molecule has 0 fully saturated rings. The van der Waals surface area contributed by atoms with Gasteiger partial charge in [-0.3, -0.25) is 4.79 Å². The van der Waals surface area contributed by atoms with Gasteiger partial charge in [-0.05, 0) is 12.1 Å². The average Bonchev–Trinajstić information content (AvgIpc) is 2.67. The van der Waals surface area contributed by atoms with E-state index >= 15 is 0 Å². The molecule has 2 aromatic rings. The summed E-state index contributed by atoms with van der Waals surface area (Å²) < 4.78 is 3.15. The smallest absolute Gasteiger partial charge is 0.253 e. The van der Waals surface area contributed by atoms with Crippen LogP contribution in [0.4, 0.5) is 0 Å². The summed E-state index contributed by atoms with van der Waals surface area (Å²) in [7, 11) is 0. The second-order valence-electron chi connectivity index (χ2n) is 5.42. The molecule has 100 valence electrons. The molecule has 1 aromatic heterocycles. The van der Waals surface area contributed by atoms with Gasteiger partial charge in [-0.2, -0.15) is 4.99 Å². The molecule has 0 saturated carbocycles. The molecule has 19 heavy (non-hydrogen) atoms. The van der Waals surface area contributed by atoms with E-state index in [-0.39, 0.29) is 5.91 Å². The van der Waals surface area contributed by atoms with Gasteiger partial charge in [0.2, 0.25) is 0 Å². The highest BCUT2D eigenvalue weighted by Gasteiger charge is 2.21. The Labute approximate surface area is 116 Å². The number of hydrogen-bond donors (Lipinski definition) is 0. The number of para-hydroxylation sites is 1. The summed E-state index contributed by atoms with van der Waals surface area (Å²) in [6, 6.07) is 8.06. The molecular formula is C15H18N2OS. The van der Waals surface area contributed by atoms with Crippen LogP contribution in [0.3, 0.4) is 0 Å². The number of carbonyl (C=O) groups excluding carboxylic acids is 1. The highest BCUT2D eigenvalue weighted by Crippen LogP contribution is 2.18. The van der Waals surface area contributed by atoms with Crippen molar-refractivity contribution in [3.8, 4) is 0 Å². The van der Waals surface area contributed by atoms with Crippen LogP contribution in [-0.2, 0) is 11.3 Å². The maximum Gasteiger partial charge on any atom is 0.253 e. The summed E-state index contributed by atoms with van der Waals surface area (Å²) in [4.78, 5) is 17.1. The topological polar surface area (TPSA) is 34.4 Å². The fourth-order valence-electron chi connectivity index (χ4n) is 1.67. The van der Waals surface area contributed by atoms with E-state index in [2.05, 4.69) is 11.6 Å². The highest BCUT2D eigenvalue weighted by molar-refractivity contribution is 7.16. The Kier molecular flexibility index (Phi) is 3.71. The Bertz CT molecular complexity index is 686. The average molecular weight is 274 g/mol. The van der Waals surface area contributed by atoms with Crippen LogP contribution in [0.1, 0.15) is 20.8 Å². The van der Waals surface area contributed by atoms with Crippen molar-refractivity contribution in [1.82, 2.24) is 4.57 Å². The molecule has 0 aliphatic rings. The number of thiazole rings is 1. The molecule has 0 spiro atoms. The second-order valence-corrected chi connectivity index (χ2v) is 6.43. The number of benzene rings is 1. The monoisotopic (exact) mass is 274 g/mol. The van der Waals surface area contributed by atoms with Gasteiger partial charge in [0.05, 0.1) is 10.2 Å². The highest BCUT2D eigenvalue weighted by atomic mass is 32.1. The van der Waals surface area contributed by atoms with E-state index in [1.165, 1.54) is 11.3 Å². The Morgan fingerprint density at radius 2 is 2.11 bits per heavy atom. The summed E-state index contributed by atoms with van der Waals surface area (Å²) in [5.74, 6) is -0.100. The Hall–Kier alpha value is -1.68. The van der Waals surface area contributed by atoms with Crippen LogP contribution in [0.5, 0.6) is 0 Å². The SMILES string of the molecule is C=CCn1/c(=N/C(=O)C(C)(C)C)sc2ccccc21. The van der Waals surface area contributed by atoms with Gasteiger partial charge in [0.25, 0.3) is 5.91 Å². The molecule has 1 aromatic carbocycles. The number of amides is 1. The largest absolute Gasteiger partial charge is 0.313 e. The molecule has 4 heteroatoms. The van der Waals surface area contributed by atoms with Gasteiger partial charge in [-0.15, -0.1) is 6.58 Å². The number of allylic oxidation sites excluding steroid dienone is 1. The van der Waals surface area contributed by atoms with Crippen LogP contribution >= 0.6 is 11.3 Å². The maximum atomic E-state index is 12.1. The van der Waals surface area contributed by atoms with Crippen molar-refractivity contribution < 1.29 is 4.79 Å². The number of aromatic nitrogens is 1. The number of hydrogen-bond acceptors (Lipinski definition) is 2. The first-order chi connectivity index (χ1) is 8.93. The molecule has 3 nitrogen and oxygen atoms in total. The zero-order valence-electron chi connectivity index (χ0n) is 11.5. The minimum absolute atomic E-state index is 0.100. The van der Waals surface area contributed by atoms with Crippen molar-refractivity contribution in [3.63, 3.8) is 0 Å². The van der Waals surface area contributed by atoms with Crippen molar-refractivity contribution >= 4 is 27.5 Å². The van der Waals surface area contributed by atoms with Gasteiger partial charge in [0.1, 0.15) is 0 Å². The molecule has 0 N–H and O–H groups in total. The standard InChI is InChI=1S/C15H18N2OS/c1-5-10-17-11-8-6-7-9-12(11)19-14(17)16-13(18)15(2,3)4/h5-9H,1,10H2,2-4H3/b16-14-. The zero-order chi connectivity index (χ0) is 14.0. The minimum Gasteiger partial charge on any atom is -0.313 e. The molecule has 0 saturated heterocycles. The van der Waals surface area contributed by atoms with Gasteiger partial charge in [-0.1, -0.05) is 50.3 Å². The summed E-state index contributed by atoms with van der Waals surface area (Å²) >= 11 is 1.54. The van der Waals surface area contributed by atoms with Crippen molar-refractivity contribution in [1.29, 1.82) is 0 Å². The number of fused-ring (bicyclic) bond motifs is 1. The van der Waals surface area contributed by atoms with Crippen LogP contribution in [0.2, 0.25) is 0 Å². The number of carbonyl (C=O) groups is 1. The van der Waals surface area contributed by atoms with Crippen molar-refractivity contribution in [2.45, 2.75) is 27.3 Å². The van der Waals surface area contributed by atoms with E-state index in [1.807, 2.05) is 55.7 Å². The quantitative estimate of drug-likeness (QED) is 0.773. The van der Waals surface area contributed by atoms with Gasteiger partial charge in [0.15, 0.2) is 4.80 Å². The number of rotatable bonds is 2. The second kappa shape index (κ2) is 5.13. The van der Waals surface area contributed by atoms with Crippen LogP contribution in [-0.4, -0.2) is 10.5 Å². The van der Waals surface area contributed by atoms with Gasteiger partial charge < -0.3 is 4.57 Å². The Morgan fingerprint density at radius 3 is 2.74 bits per heavy atom. The van der Waals surface area contributed by atoms with Gasteiger partial charge in [0, 0.05) is 12.0 Å². The van der Waals surface area contributed by atoms with E-state index in [1.54, 1.807) is 0 Å². The van der Waals surface area contributed by atoms with Crippen molar-refractivity contribution in [2.75, 3.05) is 0 Å². The third-order valence-electron chi connectivity index (χ3n) is 2.74. The molecule has 1 amide bonds. The van der Waals surface area contributed by atoms with E-state index in [4.69, 9.17) is 0 Å². The maximum absolute atomic E-state index is 12.1. The molecule has 2 rings (SSSR count). The lowest BCUT2D eigenvalue weighted by atomic mass is 9.96. The van der Waals surface area contributed by atoms with Crippen LogP contribution in [0.25, 0.3) is 10.2 Å². The zero-order valence-corrected chi connectivity index (χ0v) is 12.3. The van der Waals surface area contributed by atoms with Crippen molar-refractivity contribution in [3.05, 3.63) is 41.7 Å². The molecular weight excluding hydrogens is 256 g/mol. The first-order valence-corrected chi connectivity index (χ1v) is 7.03. The predicted octanol–water partition coefficient (Wildman–Crippen LogP) is 3.36. The normalized spacial score (nSPS) is 12.9. The fourth-order valence-corrected chi connectivity index (χ4v) is 2.70. The summed E-state index contributed by atoms with van der Waals surface area (Å²) in [5.41, 5.74) is 0.634. The molecule has 1 heterocycles. The molecule has 0 aliphatic heterocycles. The molecule has 0 aliphatic carbocycles. The Balaban J connectivity index is 2.66. The molecule has 0 radical (unpaired) electrons. The first kappa shape index (κ1) is 13.7. The van der Waals surface area contributed by atoms with Crippen LogP contribution < -0.4 is 4.80 Å². The van der Waals surface area contributed by atoms with E-state index in [0.717, 1.165) is 15.0 Å². The van der Waals surface area contributed by atoms with E-state index < -0.39 is 5.41 Å². The van der Waals surface area contributed by atoms with Crippen LogP contribution in [0, 0.1) is 5.41 Å². The lowest BCUT2D eigenvalue weighted by molar-refractivity contribution is -0.125. The minimum atomic E-state index is -0.456. The molecule has 0 unspecified atom stereocenters. The van der Waals surface area contributed by atoms with Gasteiger partial charge in [-0.25, -0.2) is 0 Å². The van der Waals surface area contributed by atoms with Crippen LogP contribution in [0.15, 0.2) is 41.9 Å². The summed E-state index contributed by atoms with van der Waals surface area (Å²) in [6.07, 6.45) is 1.82. The van der Waals surface area contributed by atoms with E-state index in [0.29, 0.717) is 6.54 Å². The van der Waals surface area contributed by atoms with E-state index in [9.17, 15) is 4.79 Å². The predicted molar refractivity (Wildman–Crippen MR) is 80.0 cm³/mol. The van der Waals surface area contributed by atoms with Gasteiger partial charge >= 0.3 is 0 Å². The Morgan fingerprint density at radius 1 is 1.42 bits per heavy atom. The fraction of sp³-hybridized carbons (Fsp3) is 0.333. The summed E-state index contributed by atoms with van der Waals surface area (Å²) in [5, 5.41) is 0. The van der Waals surface area contributed by atoms with Crippen molar-refractivity contribution in [2.24, 2.45) is 10.4 Å². The number of nitrogens with zero attached hydrogens (tertiary/aromatic N) is 2. The third kappa shape index (κ3) is 2.84. The molecule has 0 bridgehead atoms. The lowest BCUT2D eigenvalue weighted by Gasteiger charge is -2.11.